The first kappa shape index (κ1) is 7.60. The van der Waals surface area contributed by atoms with E-state index < -0.39 is 11.7 Å². The van der Waals surface area contributed by atoms with Gasteiger partial charge >= 0.3 is 5.97 Å². The zero-order valence-electron chi connectivity index (χ0n) is 6.00. The van der Waals surface area contributed by atoms with Crippen LogP contribution in [-0.4, -0.2) is 11.1 Å². The number of para-hydroxylation sites is 1. The number of carbonyl (C=O) groups is 1. The van der Waals surface area contributed by atoms with E-state index in [0.717, 1.165) is 0 Å². The smallest absolute Gasteiger partial charge is 0.339 e. The third-order valence-corrected chi connectivity index (χ3v) is 1.44. The average Bonchev–Trinajstić information content (AvgIpc) is 1.94. The van der Waals surface area contributed by atoms with E-state index in [2.05, 4.69) is 0 Å². The summed E-state index contributed by atoms with van der Waals surface area (Å²) in [5.74, 6) is -1.57. The van der Waals surface area contributed by atoms with Crippen LogP contribution in [0, 0.1) is 6.92 Å². The summed E-state index contributed by atoms with van der Waals surface area (Å²) in [5.41, 5.74) is 0.301. The Hall–Kier alpha value is -1.51. The number of hydrogen-bond donors (Lipinski definition) is 1. The minimum absolute atomic E-state index is 0.162. The molecule has 0 saturated carbocycles. The van der Waals surface area contributed by atoms with Gasteiger partial charge in [-0.15, -0.1) is 0 Å². The van der Waals surface area contributed by atoms with Gasteiger partial charge in [0.15, 0.2) is 5.75 Å². The average molecular weight is 151 g/mol. The van der Waals surface area contributed by atoms with E-state index in [1.54, 1.807) is 19.1 Å². The lowest BCUT2D eigenvalue weighted by atomic mass is 10.1. The molecule has 0 fully saturated rings. The Morgan fingerprint density at radius 1 is 1.45 bits per heavy atom. The molecule has 0 bridgehead atoms. The van der Waals surface area contributed by atoms with Crippen molar-refractivity contribution in [3.05, 3.63) is 29.3 Å². The van der Waals surface area contributed by atoms with Gasteiger partial charge in [0.2, 0.25) is 0 Å². The summed E-state index contributed by atoms with van der Waals surface area (Å²) in [6.07, 6.45) is 0. The van der Waals surface area contributed by atoms with Crippen LogP contribution >= 0.6 is 0 Å². The molecule has 1 radical (unpaired) electrons. The maximum Gasteiger partial charge on any atom is 0.339 e. The van der Waals surface area contributed by atoms with Crippen LogP contribution in [-0.2, 0) is 5.11 Å². The number of benzene rings is 1. The molecule has 1 rings (SSSR count). The van der Waals surface area contributed by atoms with Crippen molar-refractivity contribution in [3.8, 4) is 5.75 Å². The fourth-order valence-electron chi connectivity index (χ4n) is 0.821. The van der Waals surface area contributed by atoms with E-state index in [0.29, 0.717) is 5.56 Å². The van der Waals surface area contributed by atoms with Crippen LogP contribution in [0.2, 0.25) is 0 Å². The van der Waals surface area contributed by atoms with Gasteiger partial charge in [-0.3, -0.25) is 5.11 Å². The fourth-order valence-corrected chi connectivity index (χ4v) is 0.821. The number of carboxylic acids is 1. The molecule has 0 aliphatic heterocycles. The molecule has 1 aromatic carbocycles. The minimum atomic E-state index is -1.17. The molecule has 0 unspecified atom stereocenters. The zero-order chi connectivity index (χ0) is 8.43. The second-order valence-electron chi connectivity index (χ2n) is 2.26. The van der Waals surface area contributed by atoms with E-state index in [9.17, 15) is 9.90 Å². The lowest BCUT2D eigenvalue weighted by Crippen LogP contribution is -1.96. The van der Waals surface area contributed by atoms with E-state index in [1.807, 2.05) is 0 Å². The van der Waals surface area contributed by atoms with Gasteiger partial charge in [-0.2, -0.15) is 0 Å². The molecule has 0 heterocycles. The Morgan fingerprint density at radius 3 is 2.55 bits per heavy atom. The molecule has 1 N–H and O–H groups in total. The second-order valence-corrected chi connectivity index (χ2v) is 2.26. The first-order valence-electron chi connectivity index (χ1n) is 3.13. The first-order chi connectivity index (χ1) is 5.13. The number of hydrogen-bond acceptors (Lipinski definition) is 1. The van der Waals surface area contributed by atoms with Crippen LogP contribution in [0.4, 0.5) is 0 Å². The Morgan fingerprint density at radius 2 is 2.09 bits per heavy atom. The van der Waals surface area contributed by atoms with Gasteiger partial charge in [0.05, 0.1) is 0 Å². The highest BCUT2D eigenvalue weighted by Gasteiger charge is 2.11. The highest BCUT2D eigenvalue weighted by molar-refractivity contribution is 5.91. The van der Waals surface area contributed by atoms with E-state index in [4.69, 9.17) is 5.11 Å². The maximum absolute atomic E-state index is 11.0. The molecule has 11 heavy (non-hydrogen) atoms. The van der Waals surface area contributed by atoms with Gasteiger partial charge in [0, 0.05) is 0 Å². The molecule has 0 aromatic heterocycles. The fraction of sp³-hybridized carbons (Fsp3) is 0.125. The Balaban J connectivity index is 3.27. The summed E-state index contributed by atoms with van der Waals surface area (Å²) in [7, 11) is 0. The zero-order valence-corrected chi connectivity index (χ0v) is 6.00. The van der Waals surface area contributed by atoms with Gasteiger partial charge in [0.25, 0.3) is 0 Å². The summed E-state index contributed by atoms with van der Waals surface area (Å²) >= 11 is 0. The molecule has 3 heteroatoms. The summed E-state index contributed by atoms with van der Waals surface area (Å²) < 4.78 is 0. The largest absolute Gasteiger partial charge is 0.478 e. The van der Waals surface area contributed by atoms with Crippen LogP contribution in [0.25, 0.3) is 0 Å². The van der Waals surface area contributed by atoms with Crippen molar-refractivity contribution in [1.82, 2.24) is 0 Å². The summed E-state index contributed by atoms with van der Waals surface area (Å²) in [6.45, 7) is 1.59. The third-order valence-electron chi connectivity index (χ3n) is 1.44. The highest BCUT2D eigenvalue weighted by Crippen LogP contribution is 2.21. The molecule has 3 nitrogen and oxygen atoms in total. The molecule has 57 valence electrons. The molecule has 0 saturated heterocycles. The second kappa shape index (κ2) is 2.62. The number of aryl methyl sites for hydroxylation is 1. The summed E-state index contributed by atoms with van der Waals surface area (Å²) in [6, 6.07) is 4.45. The van der Waals surface area contributed by atoms with Gasteiger partial charge in [-0.1, -0.05) is 12.1 Å². The van der Waals surface area contributed by atoms with Crippen LogP contribution in [0.5, 0.6) is 5.75 Å². The standard InChI is InChI=1S/C8H7O3/c1-5-3-2-4-6(7(5)9)8(10)11/h2-4H,1H3,(H,10,11). The minimum Gasteiger partial charge on any atom is -0.478 e. The van der Waals surface area contributed by atoms with Crippen molar-refractivity contribution < 1.29 is 15.0 Å². The molecular weight excluding hydrogens is 144 g/mol. The SMILES string of the molecule is Cc1cccc(C(=O)O)c1[O]. The predicted octanol–water partition coefficient (Wildman–Crippen LogP) is 1.84. The summed E-state index contributed by atoms with van der Waals surface area (Å²) in [5, 5.41) is 19.5. The van der Waals surface area contributed by atoms with Gasteiger partial charge in [-0.05, 0) is 18.6 Å². The van der Waals surface area contributed by atoms with E-state index >= 15 is 0 Å². The maximum atomic E-state index is 11.0. The van der Waals surface area contributed by atoms with Crippen LogP contribution in [0.1, 0.15) is 15.9 Å². The normalized spacial score (nSPS) is 9.55. The van der Waals surface area contributed by atoms with Crippen molar-refractivity contribution in [3.63, 3.8) is 0 Å². The Labute approximate surface area is 63.9 Å². The first-order valence-corrected chi connectivity index (χ1v) is 3.13. The van der Waals surface area contributed by atoms with Gasteiger partial charge < -0.3 is 5.11 Å². The van der Waals surface area contributed by atoms with Crippen molar-refractivity contribution in [2.45, 2.75) is 6.92 Å². The lowest BCUT2D eigenvalue weighted by Gasteiger charge is -1.97. The third kappa shape index (κ3) is 1.32. The Kier molecular flexibility index (Phi) is 1.81. The van der Waals surface area contributed by atoms with Gasteiger partial charge in [0.1, 0.15) is 5.56 Å². The van der Waals surface area contributed by atoms with Gasteiger partial charge in [-0.25, -0.2) is 4.79 Å². The van der Waals surface area contributed by atoms with Crippen molar-refractivity contribution in [2.75, 3.05) is 0 Å². The van der Waals surface area contributed by atoms with Crippen LogP contribution in [0.3, 0.4) is 0 Å². The lowest BCUT2D eigenvalue weighted by molar-refractivity contribution is 0.0691. The monoisotopic (exact) mass is 151 g/mol. The number of rotatable bonds is 1. The molecule has 0 spiro atoms. The molecular formula is C8H7O3. The molecule has 0 amide bonds. The predicted molar refractivity (Wildman–Crippen MR) is 38.3 cm³/mol. The van der Waals surface area contributed by atoms with Crippen LogP contribution < -0.4 is 0 Å². The molecule has 0 atom stereocenters. The van der Waals surface area contributed by atoms with Crippen molar-refractivity contribution in [1.29, 1.82) is 0 Å². The Bertz CT molecular complexity index is 291. The number of aromatic carboxylic acids is 1. The van der Waals surface area contributed by atoms with Crippen molar-refractivity contribution >= 4 is 5.97 Å². The van der Waals surface area contributed by atoms with E-state index in [1.165, 1.54) is 6.07 Å². The molecule has 0 aliphatic rings. The molecule has 0 aliphatic carbocycles. The quantitative estimate of drug-likeness (QED) is 0.665. The van der Waals surface area contributed by atoms with Crippen molar-refractivity contribution in [2.24, 2.45) is 0 Å². The van der Waals surface area contributed by atoms with Crippen LogP contribution in [0.15, 0.2) is 18.2 Å². The summed E-state index contributed by atoms with van der Waals surface area (Å²) in [4.78, 5) is 10.4. The molecule has 1 aromatic rings. The topological polar surface area (TPSA) is 57.2 Å². The highest BCUT2D eigenvalue weighted by atomic mass is 16.4. The van der Waals surface area contributed by atoms with E-state index in [-0.39, 0.29) is 5.56 Å². The number of carboxylic acid groups (broad SMARTS) is 1.